The predicted octanol–water partition coefficient (Wildman–Crippen LogP) is 0.977. The van der Waals surface area contributed by atoms with Gasteiger partial charge in [-0.25, -0.2) is 4.39 Å². The molecule has 0 aliphatic rings. The van der Waals surface area contributed by atoms with Gasteiger partial charge in [0.2, 0.25) is 0 Å². The molecule has 0 spiro atoms. The van der Waals surface area contributed by atoms with E-state index in [1.165, 1.54) is 12.1 Å². The normalized spacial score (nSPS) is 7.62. The Morgan fingerprint density at radius 2 is 2.25 bits per heavy atom. The summed E-state index contributed by atoms with van der Waals surface area (Å²) in [6.07, 6.45) is 0. The molecule has 0 fully saturated rings. The molecule has 37 valence electrons. The van der Waals surface area contributed by atoms with Crippen LogP contribution in [0, 0.1) is 11.9 Å². The van der Waals surface area contributed by atoms with Crippen LogP contribution in [0.4, 0.5) is 4.39 Å². The first kappa shape index (κ1) is 7.75. The van der Waals surface area contributed by atoms with Crippen molar-refractivity contribution in [3.05, 3.63) is 36.1 Å². The van der Waals surface area contributed by atoms with Gasteiger partial charge in [0.25, 0.3) is 0 Å². The minimum atomic E-state index is -0.234. The minimum absolute atomic E-state index is 0. The Labute approximate surface area is 59.9 Å². The zero-order chi connectivity index (χ0) is 5.11. The van der Waals surface area contributed by atoms with E-state index in [-0.39, 0.29) is 24.7 Å². The first-order valence-corrected chi connectivity index (χ1v) is 2.01. The topological polar surface area (TPSA) is 0 Å². The molecule has 1 aromatic rings. The Balaban J connectivity index is 0.000000490. The Hall–Kier alpha value is -0.253. The number of halogens is 1. The fourth-order valence-corrected chi connectivity index (χ4v) is 0.371. The summed E-state index contributed by atoms with van der Waals surface area (Å²) in [5.41, 5.74) is 0. The monoisotopic (exact) mass is 103 g/mol. The molecule has 0 aliphatic heterocycles. The molecule has 0 amide bonds. The van der Waals surface area contributed by atoms with Crippen LogP contribution in [0.1, 0.15) is 0 Å². The molecule has 0 aromatic heterocycles. The summed E-state index contributed by atoms with van der Waals surface area (Å²) < 4.78 is 11.9. The van der Waals surface area contributed by atoms with E-state index in [0.29, 0.717) is 0 Å². The van der Waals surface area contributed by atoms with E-state index >= 15 is 0 Å². The molecule has 0 saturated heterocycles. The van der Waals surface area contributed by atoms with Gasteiger partial charge < -0.3 is 0 Å². The molecule has 1 radical (unpaired) electrons. The third kappa shape index (κ3) is 2.16. The van der Waals surface area contributed by atoms with Crippen molar-refractivity contribution in [2.75, 3.05) is 0 Å². The SMILES string of the molecule is Fc1c[c]ccc1.[LiH]. The van der Waals surface area contributed by atoms with Crippen LogP contribution in [-0.4, -0.2) is 18.9 Å². The molecule has 0 heterocycles. The van der Waals surface area contributed by atoms with Crippen LogP contribution in [0.5, 0.6) is 0 Å². The van der Waals surface area contributed by atoms with Gasteiger partial charge >= 0.3 is 18.9 Å². The van der Waals surface area contributed by atoms with E-state index in [4.69, 9.17) is 0 Å². The Morgan fingerprint density at radius 1 is 1.50 bits per heavy atom. The molecule has 0 N–H and O–H groups in total. The van der Waals surface area contributed by atoms with Gasteiger partial charge in [-0.1, -0.05) is 12.1 Å². The number of hydrogen-bond acceptors (Lipinski definition) is 0. The Kier molecular flexibility index (Phi) is 3.60. The second kappa shape index (κ2) is 3.71. The molecule has 0 saturated carbocycles. The second-order valence-electron chi connectivity index (χ2n) is 1.22. The Morgan fingerprint density at radius 3 is 2.50 bits per heavy atom. The molecule has 1 rings (SSSR count). The van der Waals surface area contributed by atoms with Gasteiger partial charge in [0.1, 0.15) is 5.82 Å². The summed E-state index contributed by atoms with van der Waals surface area (Å²) in [6.45, 7) is 0. The maximum absolute atomic E-state index is 11.9. The molecule has 1 aromatic carbocycles. The zero-order valence-corrected chi connectivity index (χ0v) is 3.69. The first-order chi connectivity index (χ1) is 3.39. The van der Waals surface area contributed by atoms with E-state index < -0.39 is 0 Å². The van der Waals surface area contributed by atoms with Gasteiger partial charge in [-0.15, -0.1) is 0 Å². The van der Waals surface area contributed by atoms with Crippen molar-refractivity contribution in [3.63, 3.8) is 0 Å². The number of hydrogen-bond donors (Lipinski definition) is 0. The molecule has 8 heavy (non-hydrogen) atoms. The summed E-state index contributed by atoms with van der Waals surface area (Å²) >= 11 is 0. The van der Waals surface area contributed by atoms with Crippen molar-refractivity contribution in [1.82, 2.24) is 0 Å². The van der Waals surface area contributed by atoms with Crippen molar-refractivity contribution in [3.8, 4) is 0 Å². The second-order valence-corrected chi connectivity index (χ2v) is 1.22. The summed E-state index contributed by atoms with van der Waals surface area (Å²) in [4.78, 5) is 0. The number of rotatable bonds is 0. The van der Waals surface area contributed by atoms with Crippen LogP contribution in [0.15, 0.2) is 24.3 Å². The van der Waals surface area contributed by atoms with Crippen molar-refractivity contribution in [2.45, 2.75) is 0 Å². The first-order valence-electron chi connectivity index (χ1n) is 2.01. The number of benzene rings is 1. The van der Waals surface area contributed by atoms with Gasteiger partial charge in [0.05, 0.1) is 0 Å². The van der Waals surface area contributed by atoms with E-state index in [0.717, 1.165) is 0 Å². The maximum atomic E-state index is 11.9. The van der Waals surface area contributed by atoms with Crippen LogP contribution in [0.3, 0.4) is 0 Å². The van der Waals surface area contributed by atoms with Crippen molar-refractivity contribution in [1.29, 1.82) is 0 Å². The van der Waals surface area contributed by atoms with Crippen LogP contribution in [-0.2, 0) is 0 Å². The summed E-state index contributed by atoms with van der Waals surface area (Å²) in [6, 6.07) is 8.53. The van der Waals surface area contributed by atoms with Crippen LogP contribution < -0.4 is 0 Å². The standard InChI is InChI=1S/C6H4F.Li.H/c7-6-4-2-1-3-5-6;;/h1-2,4-5H;;. The quantitative estimate of drug-likeness (QED) is 0.429. The Bertz CT molecular complexity index is 138. The molecule has 0 atom stereocenters. The third-order valence-corrected chi connectivity index (χ3v) is 0.669. The van der Waals surface area contributed by atoms with E-state index in [9.17, 15) is 4.39 Å². The fraction of sp³-hybridized carbons (Fsp3) is 0. The van der Waals surface area contributed by atoms with Crippen molar-refractivity contribution >= 4 is 18.9 Å². The van der Waals surface area contributed by atoms with Gasteiger partial charge in [-0.2, -0.15) is 0 Å². The molecule has 0 nitrogen and oxygen atoms in total. The van der Waals surface area contributed by atoms with Gasteiger partial charge in [-0.05, 0) is 18.2 Å². The third-order valence-electron chi connectivity index (χ3n) is 0.669. The molecule has 0 bridgehead atoms. The van der Waals surface area contributed by atoms with E-state index in [2.05, 4.69) is 6.07 Å². The molecular formula is C6H5FLi. The van der Waals surface area contributed by atoms with E-state index in [1.54, 1.807) is 12.1 Å². The molecule has 0 unspecified atom stereocenters. The van der Waals surface area contributed by atoms with Crippen molar-refractivity contribution < 1.29 is 4.39 Å². The average Bonchev–Trinajstić information content (AvgIpc) is 1.69. The van der Waals surface area contributed by atoms with Gasteiger partial charge in [-0.3, -0.25) is 0 Å². The van der Waals surface area contributed by atoms with Crippen LogP contribution >= 0.6 is 0 Å². The van der Waals surface area contributed by atoms with E-state index in [1.807, 2.05) is 0 Å². The average molecular weight is 103 g/mol. The molecule has 0 aliphatic carbocycles. The summed E-state index contributed by atoms with van der Waals surface area (Å²) in [5, 5.41) is 0. The zero-order valence-electron chi connectivity index (χ0n) is 3.69. The van der Waals surface area contributed by atoms with Crippen LogP contribution in [0.25, 0.3) is 0 Å². The van der Waals surface area contributed by atoms with Crippen LogP contribution in [0.2, 0.25) is 0 Å². The molecular weight excluding hydrogens is 98.0 g/mol. The summed E-state index contributed by atoms with van der Waals surface area (Å²) in [7, 11) is 0. The van der Waals surface area contributed by atoms with Crippen molar-refractivity contribution in [2.24, 2.45) is 0 Å². The van der Waals surface area contributed by atoms with Gasteiger partial charge in [0.15, 0.2) is 0 Å². The summed E-state index contributed by atoms with van der Waals surface area (Å²) in [5.74, 6) is -0.234. The fourth-order valence-electron chi connectivity index (χ4n) is 0.371. The van der Waals surface area contributed by atoms with Gasteiger partial charge in [0, 0.05) is 0 Å². The predicted molar refractivity (Wildman–Crippen MR) is 32.4 cm³/mol. The molecule has 2 heteroatoms.